The first-order chi connectivity index (χ1) is 4.75. The highest BCUT2D eigenvalue weighted by molar-refractivity contribution is 5.28. The van der Waals surface area contributed by atoms with Gasteiger partial charge in [0, 0.05) is 6.54 Å². The van der Waals surface area contributed by atoms with Crippen LogP contribution in [0.2, 0.25) is 0 Å². The Hall–Kier alpha value is -1.43. The van der Waals surface area contributed by atoms with Crippen molar-refractivity contribution in [3.05, 3.63) is 21.9 Å². The lowest BCUT2D eigenvalue weighted by Gasteiger charge is -1.90. The summed E-state index contributed by atoms with van der Waals surface area (Å²) in [6.45, 7) is 0.132. The zero-order valence-electron chi connectivity index (χ0n) is 5.07. The lowest BCUT2D eigenvalue weighted by Crippen LogP contribution is -1.99. The maximum Gasteiger partial charge on any atom is 0.347 e. The van der Waals surface area contributed by atoms with Gasteiger partial charge in [-0.25, -0.2) is 0 Å². The van der Waals surface area contributed by atoms with Crippen molar-refractivity contribution in [2.45, 2.75) is 6.54 Å². The molecule has 6 heteroatoms. The van der Waals surface area contributed by atoms with Crippen LogP contribution in [0.5, 0.6) is 0 Å². The number of nitrogens with zero attached hydrogens (tertiary/aromatic N) is 2. The number of H-pyrrole nitrogens is 1. The molecule has 6 nitrogen and oxygen atoms in total. The van der Waals surface area contributed by atoms with Crippen LogP contribution in [0.3, 0.4) is 0 Å². The van der Waals surface area contributed by atoms with Gasteiger partial charge in [0.2, 0.25) is 0 Å². The molecule has 0 spiro atoms. The van der Waals surface area contributed by atoms with E-state index in [9.17, 15) is 10.1 Å². The van der Waals surface area contributed by atoms with Crippen molar-refractivity contribution in [2.75, 3.05) is 0 Å². The van der Waals surface area contributed by atoms with Crippen molar-refractivity contribution in [3.8, 4) is 0 Å². The molecule has 0 bridgehead atoms. The average Bonchev–Trinajstić information content (AvgIpc) is 2.33. The van der Waals surface area contributed by atoms with E-state index in [1.54, 1.807) is 0 Å². The predicted molar refractivity (Wildman–Crippen MR) is 33.1 cm³/mol. The van der Waals surface area contributed by atoms with Gasteiger partial charge in [0.1, 0.15) is 0 Å². The molecule has 0 aliphatic carbocycles. The van der Waals surface area contributed by atoms with Crippen molar-refractivity contribution in [2.24, 2.45) is 5.73 Å². The van der Waals surface area contributed by atoms with Crippen molar-refractivity contribution in [1.29, 1.82) is 0 Å². The van der Waals surface area contributed by atoms with Crippen LogP contribution in [-0.2, 0) is 6.54 Å². The second-order valence-electron chi connectivity index (χ2n) is 1.71. The Kier molecular flexibility index (Phi) is 1.63. The van der Waals surface area contributed by atoms with Gasteiger partial charge >= 0.3 is 5.82 Å². The van der Waals surface area contributed by atoms with E-state index in [1.807, 2.05) is 0 Å². The molecule has 0 radical (unpaired) electrons. The lowest BCUT2D eigenvalue weighted by molar-refractivity contribution is -0.390. The number of rotatable bonds is 2. The SMILES string of the molecule is NCc1cn[nH]c1[N+](=O)[O-]. The van der Waals surface area contributed by atoms with Crippen molar-refractivity contribution in [1.82, 2.24) is 10.2 Å². The molecule has 0 aromatic carbocycles. The van der Waals surface area contributed by atoms with Crippen LogP contribution in [-0.4, -0.2) is 15.1 Å². The number of nitro groups is 1. The molecule has 1 aromatic heterocycles. The minimum Gasteiger partial charge on any atom is -0.358 e. The fraction of sp³-hybridized carbons (Fsp3) is 0.250. The molecular weight excluding hydrogens is 136 g/mol. The van der Waals surface area contributed by atoms with E-state index in [2.05, 4.69) is 10.2 Å². The van der Waals surface area contributed by atoms with E-state index in [1.165, 1.54) is 6.20 Å². The second kappa shape index (κ2) is 2.44. The predicted octanol–water partition coefficient (Wildman–Crippen LogP) is -0.223. The molecule has 0 unspecified atom stereocenters. The fourth-order valence-electron chi connectivity index (χ4n) is 0.612. The third-order valence-electron chi connectivity index (χ3n) is 1.10. The normalized spacial score (nSPS) is 9.70. The Labute approximate surface area is 56.2 Å². The second-order valence-corrected chi connectivity index (χ2v) is 1.71. The summed E-state index contributed by atoms with van der Waals surface area (Å²) >= 11 is 0. The van der Waals surface area contributed by atoms with E-state index < -0.39 is 4.92 Å². The van der Waals surface area contributed by atoms with Gasteiger partial charge in [-0.15, -0.1) is 5.10 Å². The molecule has 0 aliphatic rings. The van der Waals surface area contributed by atoms with Crippen LogP contribution in [0.15, 0.2) is 6.20 Å². The molecule has 10 heavy (non-hydrogen) atoms. The van der Waals surface area contributed by atoms with Gasteiger partial charge in [-0.1, -0.05) is 5.10 Å². The highest BCUT2D eigenvalue weighted by Gasteiger charge is 2.11. The molecule has 54 valence electrons. The maximum atomic E-state index is 10.1. The first-order valence-electron chi connectivity index (χ1n) is 2.62. The summed E-state index contributed by atoms with van der Waals surface area (Å²) in [4.78, 5) is 9.57. The third-order valence-corrected chi connectivity index (χ3v) is 1.10. The van der Waals surface area contributed by atoms with Crippen LogP contribution in [0.25, 0.3) is 0 Å². The van der Waals surface area contributed by atoms with Crippen molar-refractivity contribution < 1.29 is 4.92 Å². The minimum atomic E-state index is -0.546. The summed E-state index contributed by atoms with van der Waals surface area (Å²) in [5.41, 5.74) is 5.59. The molecular formula is C4H6N4O2. The minimum absolute atomic E-state index is 0.123. The van der Waals surface area contributed by atoms with Crippen LogP contribution in [0.1, 0.15) is 5.56 Å². The molecule has 0 saturated heterocycles. The smallest absolute Gasteiger partial charge is 0.347 e. The van der Waals surface area contributed by atoms with Crippen LogP contribution in [0.4, 0.5) is 5.82 Å². The summed E-state index contributed by atoms with van der Waals surface area (Å²) in [6, 6.07) is 0. The zero-order valence-corrected chi connectivity index (χ0v) is 5.07. The fourth-order valence-corrected chi connectivity index (χ4v) is 0.612. The highest BCUT2D eigenvalue weighted by atomic mass is 16.6. The molecule has 1 aromatic rings. The van der Waals surface area contributed by atoms with Gasteiger partial charge in [-0.3, -0.25) is 0 Å². The highest BCUT2D eigenvalue weighted by Crippen LogP contribution is 2.11. The quantitative estimate of drug-likeness (QED) is 0.440. The van der Waals surface area contributed by atoms with E-state index in [0.717, 1.165) is 0 Å². The zero-order chi connectivity index (χ0) is 7.56. The monoisotopic (exact) mass is 142 g/mol. The Morgan fingerprint density at radius 3 is 3.00 bits per heavy atom. The van der Waals surface area contributed by atoms with Crippen molar-refractivity contribution in [3.63, 3.8) is 0 Å². The summed E-state index contributed by atoms with van der Waals surface area (Å²) in [6.07, 6.45) is 1.35. The Balaban J connectivity index is 3.01. The van der Waals surface area contributed by atoms with Gasteiger partial charge in [-0.2, -0.15) is 0 Å². The van der Waals surface area contributed by atoms with Crippen molar-refractivity contribution >= 4 is 5.82 Å². The van der Waals surface area contributed by atoms with Crippen LogP contribution in [0, 0.1) is 10.1 Å². The molecule has 1 rings (SSSR count). The molecule has 0 atom stereocenters. The number of hydrogen-bond acceptors (Lipinski definition) is 4. The van der Waals surface area contributed by atoms with Gasteiger partial charge in [0.05, 0.1) is 11.8 Å². The molecule has 0 saturated carbocycles. The first kappa shape index (κ1) is 6.69. The van der Waals surface area contributed by atoms with Gasteiger partial charge < -0.3 is 15.8 Å². The van der Waals surface area contributed by atoms with E-state index in [0.29, 0.717) is 5.56 Å². The summed E-state index contributed by atoms with van der Waals surface area (Å²) in [5.74, 6) is -0.123. The maximum absolute atomic E-state index is 10.1. The molecule has 3 N–H and O–H groups in total. The number of hydrogen-bond donors (Lipinski definition) is 2. The number of aromatic amines is 1. The van der Waals surface area contributed by atoms with Crippen LogP contribution >= 0.6 is 0 Å². The topological polar surface area (TPSA) is 97.8 Å². The van der Waals surface area contributed by atoms with Gasteiger partial charge in [0.25, 0.3) is 0 Å². The third kappa shape index (κ3) is 0.960. The van der Waals surface area contributed by atoms with E-state index >= 15 is 0 Å². The van der Waals surface area contributed by atoms with E-state index in [-0.39, 0.29) is 12.4 Å². The molecule has 1 heterocycles. The largest absolute Gasteiger partial charge is 0.358 e. The Morgan fingerprint density at radius 1 is 1.90 bits per heavy atom. The first-order valence-corrected chi connectivity index (χ1v) is 2.62. The van der Waals surface area contributed by atoms with Crippen LogP contribution < -0.4 is 5.73 Å². The van der Waals surface area contributed by atoms with Gasteiger partial charge in [-0.05, 0) is 4.92 Å². The number of aromatic nitrogens is 2. The van der Waals surface area contributed by atoms with Gasteiger partial charge in [0.15, 0.2) is 0 Å². The van der Waals surface area contributed by atoms with E-state index in [4.69, 9.17) is 5.73 Å². The molecule has 0 aliphatic heterocycles. The summed E-state index contributed by atoms with van der Waals surface area (Å²) < 4.78 is 0. The standard InChI is InChI=1S/C4H6N4O2/c5-1-3-2-6-7-4(3)8(9)10/h2H,1,5H2,(H,6,7). The molecule has 0 fully saturated rings. The summed E-state index contributed by atoms with van der Waals surface area (Å²) in [7, 11) is 0. The summed E-state index contributed by atoms with van der Waals surface area (Å²) in [5, 5.41) is 15.8. The average molecular weight is 142 g/mol. The number of nitrogens with one attached hydrogen (secondary N) is 1. The Bertz CT molecular complexity index is 243. The molecule has 0 amide bonds. The lowest BCUT2D eigenvalue weighted by atomic mass is 10.3. The number of nitrogens with two attached hydrogens (primary N) is 1. The Morgan fingerprint density at radius 2 is 2.60 bits per heavy atom.